The minimum atomic E-state index is -4.55. The molecule has 0 aliphatic heterocycles. The van der Waals surface area contributed by atoms with Crippen LogP contribution >= 0.6 is 0 Å². The number of ether oxygens (including phenoxy) is 1. The van der Waals surface area contributed by atoms with E-state index in [1.54, 1.807) is 6.07 Å². The van der Waals surface area contributed by atoms with Crippen molar-refractivity contribution in [3.63, 3.8) is 0 Å². The molecule has 2 N–H and O–H groups in total. The smallest absolute Gasteiger partial charge is 0.398 e. The Kier molecular flexibility index (Phi) is 4.31. The van der Waals surface area contributed by atoms with Gasteiger partial charge in [-0.25, -0.2) is 0 Å². The maximum absolute atomic E-state index is 12.0. The highest BCUT2D eigenvalue weighted by atomic mass is 19.4. The maximum Gasteiger partial charge on any atom is 0.522 e. The molecule has 6 heteroatoms. The molecule has 2 rings (SSSR count). The van der Waals surface area contributed by atoms with Gasteiger partial charge in [0.2, 0.25) is 0 Å². The molecular formula is C13H17F3N2O. The number of benzene rings is 1. The van der Waals surface area contributed by atoms with E-state index in [-0.39, 0.29) is 13.2 Å². The Morgan fingerprint density at radius 1 is 1.26 bits per heavy atom. The molecule has 0 heterocycles. The number of rotatable bonds is 6. The summed E-state index contributed by atoms with van der Waals surface area (Å²) in [5, 5.41) is 0. The number of hydrogen-bond acceptors (Lipinski definition) is 3. The molecule has 1 aliphatic carbocycles. The average Bonchev–Trinajstić information content (AvgIpc) is 3.13. The summed E-state index contributed by atoms with van der Waals surface area (Å²) in [6.45, 7) is 0.490. The molecule has 1 aliphatic rings. The summed E-state index contributed by atoms with van der Waals surface area (Å²) in [4.78, 5) is 2.00. The third-order valence-electron chi connectivity index (χ3n) is 3.14. The maximum atomic E-state index is 12.0. The predicted octanol–water partition coefficient (Wildman–Crippen LogP) is 2.77. The summed E-state index contributed by atoms with van der Waals surface area (Å²) in [5.41, 5.74) is 7.47. The highest BCUT2D eigenvalue weighted by Gasteiger charge is 2.32. The van der Waals surface area contributed by atoms with Gasteiger partial charge in [-0.3, -0.25) is 9.64 Å². The van der Waals surface area contributed by atoms with Crippen molar-refractivity contribution in [2.75, 3.05) is 18.9 Å². The Bertz CT molecular complexity index is 419. The Labute approximate surface area is 110 Å². The van der Waals surface area contributed by atoms with E-state index in [9.17, 15) is 13.2 Å². The van der Waals surface area contributed by atoms with Gasteiger partial charge in [0.15, 0.2) is 0 Å². The second kappa shape index (κ2) is 5.79. The van der Waals surface area contributed by atoms with E-state index in [1.807, 2.05) is 23.1 Å². The van der Waals surface area contributed by atoms with Crippen LogP contribution in [0.15, 0.2) is 24.3 Å². The fraction of sp³-hybridized carbons (Fsp3) is 0.538. The SMILES string of the molecule is Nc1ccccc1CN(CCOC(F)(F)F)C1CC1. The van der Waals surface area contributed by atoms with Crippen LogP contribution in [0.1, 0.15) is 18.4 Å². The lowest BCUT2D eigenvalue weighted by Gasteiger charge is -2.23. The van der Waals surface area contributed by atoms with Crippen molar-refractivity contribution < 1.29 is 17.9 Å². The Morgan fingerprint density at radius 3 is 2.53 bits per heavy atom. The van der Waals surface area contributed by atoms with E-state index in [2.05, 4.69) is 4.74 Å². The molecular weight excluding hydrogens is 257 g/mol. The van der Waals surface area contributed by atoms with Crippen LogP contribution < -0.4 is 5.73 Å². The molecule has 1 aromatic carbocycles. The van der Waals surface area contributed by atoms with Gasteiger partial charge >= 0.3 is 6.36 Å². The van der Waals surface area contributed by atoms with Crippen LogP contribution in [-0.2, 0) is 11.3 Å². The number of para-hydroxylation sites is 1. The zero-order valence-corrected chi connectivity index (χ0v) is 10.5. The first-order valence-electron chi connectivity index (χ1n) is 6.24. The van der Waals surface area contributed by atoms with Gasteiger partial charge in [-0.1, -0.05) is 18.2 Å². The molecule has 1 saturated carbocycles. The highest BCUT2D eigenvalue weighted by Crippen LogP contribution is 2.29. The van der Waals surface area contributed by atoms with Crippen LogP contribution in [0.3, 0.4) is 0 Å². The molecule has 1 fully saturated rings. The Hall–Kier alpha value is -1.27. The molecule has 0 saturated heterocycles. The van der Waals surface area contributed by atoms with Crippen molar-refractivity contribution in [2.24, 2.45) is 0 Å². The first kappa shape index (κ1) is 14.1. The summed E-state index contributed by atoms with van der Waals surface area (Å²) in [6, 6.07) is 7.77. The zero-order chi connectivity index (χ0) is 13.9. The summed E-state index contributed by atoms with van der Waals surface area (Å²) in [6.07, 6.45) is -2.50. The van der Waals surface area contributed by atoms with Crippen LogP contribution in [-0.4, -0.2) is 30.5 Å². The van der Waals surface area contributed by atoms with E-state index in [0.29, 0.717) is 18.3 Å². The molecule has 3 nitrogen and oxygen atoms in total. The van der Waals surface area contributed by atoms with Gasteiger partial charge in [0.25, 0.3) is 0 Å². The van der Waals surface area contributed by atoms with E-state index < -0.39 is 6.36 Å². The molecule has 0 radical (unpaired) electrons. The van der Waals surface area contributed by atoms with Gasteiger partial charge in [0, 0.05) is 24.8 Å². The topological polar surface area (TPSA) is 38.5 Å². The highest BCUT2D eigenvalue weighted by molar-refractivity contribution is 5.46. The molecule has 106 valence electrons. The van der Waals surface area contributed by atoms with Gasteiger partial charge in [-0.2, -0.15) is 0 Å². The van der Waals surface area contributed by atoms with E-state index in [1.165, 1.54) is 0 Å². The molecule has 0 spiro atoms. The van der Waals surface area contributed by atoms with Gasteiger partial charge in [0.05, 0.1) is 6.61 Å². The minimum absolute atomic E-state index is 0.262. The van der Waals surface area contributed by atoms with Crippen molar-refractivity contribution in [2.45, 2.75) is 31.8 Å². The normalized spacial score (nSPS) is 16.0. The van der Waals surface area contributed by atoms with E-state index in [0.717, 1.165) is 18.4 Å². The zero-order valence-electron chi connectivity index (χ0n) is 10.5. The van der Waals surface area contributed by atoms with Gasteiger partial charge < -0.3 is 5.73 Å². The van der Waals surface area contributed by atoms with Crippen molar-refractivity contribution in [3.8, 4) is 0 Å². The van der Waals surface area contributed by atoms with Crippen molar-refractivity contribution in [1.82, 2.24) is 4.90 Å². The second-order valence-corrected chi connectivity index (χ2v) is 4.69. The molecule has 19 heavy (non-hydrogen) atoms. The third kappa shape index (κ3) is 4.72. The van der Waals surface area contributed by atoms with Gasteiger partial charge in [-0.15, -0.1) is 13.2 Å². The van der Waals surface area contributed by atoms with E-state index in [4.69, 9.17) is 5.73 Å². The van der Waals surface area contributed by atoms with Crippen LogP contribution in [0.5, 0.6) is 0 Å². The summed E-state index contributed by atoms with van der Waals surface area (Å²) in [7, 11) is 0. The molecule has 0 amide bonds. The molecule has 1 aromatic rings. The summed E-state index contributed by atoms with van der Waals surface area (Å²) < 4.78 is 39.7. The first-order valence-corrected chi connectivity index (χ1v) is 6.24. The first-order chi connectivity index (χ1) is 8.96. The number of alkyl halides is 3. The number of anilines is 1. The van der Waals surface area contributed by atoms with Crippen LogP contribution in [0.2, 0.25) is 0 Å². The largest absolute Gasteiger partial charge is 0.522 e. The van der Waals surface area contributed by atoms with Crippen molar-refractivity contribution in [3.05, 3.63) is 29.8 Å². The number of halogens is 3. The fourth-order valence-electron chi connectivity index (χ4n) is 2.01. The summed E-state index contributed by atoms with van der Waals surface area (Å²) in [5.74, 6) is 0. The van der Waals surface area contributed by atoms with Crippen LogP contribution in [0.4, 0.5) is 18.9 Å². The number of nitrogens with zero attached hydrogens (tertiary/aromatic N) is 1. The third-order valence-corrected chi connectivity index (χ3v) is 3.14. The van der Waals surface area contributed by atoms with Gasteiger partial charge in [-0.05, 0) is 24.5 Å². The van der Waals surface area contributed by atoms with Crippen molar-refractivity contribution >= 4 is 5.69 Å². The lowest BCUT2D eigenvalue weighted by molar-refractivity contribution is -0.325. The number of nitrogen functional groups attached to an aromatic ring is 1. The Balaban J connectivity index is 1.88. The standard InChI is InChI=1S/C13H17F3N2O/c14-13(15,16)19-8-7-18(11-5-6-11)9-10-3-1-2-4-12(10)17/h1-4,11H,5-9,17H2. The molecule has 0 aromatic heterocycles. The molecule has 0 bridgehead atoms. The number of hydrogen-bond donors (Lipinski definition) is 1. The van der Waals surface area contributed by atoms with Crippen molar-refractivity contribution in [1.29, 1.82) is 0 Å². The van der Waals surface area contributed by atoms with Gasteiger partial charge in [0.1, 0.15) is 0 Å². The fourth-order valence-corrected chi connectivity index (χ4v) is 2.01. The lowest BCUT2D eigenvalue weighted by atomic mass is 10.1. The van der Waals surface area contributed by atoms with Crippen LogP contribution in [0.25, 0.3) is 0 Å². The van der Waals surface area contributed by atoms with E-state index >= 15 is 0 Å². The summed E-state index contributed by atoms with van der Waals surface area (Å²) >= 11 is 0. The lowest BCUT2D eigenvalue weighted by Crippen LogP contribution is -2.31. The predicted molar refractivity (Wildman–Crippen MR) is 66.3 cm³/mol. The minimum Gasteiger partial charge on any atom is -0.398 e. The Morgan fingerprint density at radius 2 is 1.95 bits per heavy atom. The average molecular weight is 274 g/mol. The quantitative estimate of drug-likeness (QED) is 0.811. The van der Waals surface area contributed by atoms with Crippen LogP contribution in [0, 0.1) is 0 Å². The second-order valence-electron chi connectivity index (χ2n) is 4.69. The molecule has 0 unspecified atom stereocenters. The number of nitrogens with two attached hydrogens (primary N) is 1. The molecule has 0 atom stereocenters. The monoisotopic (exact) mass is 274 g/mol.